The smallest absolute Gasteiger partial charge is 0.247 e. The monoisotopic (exact) mass is 375 g/mol. The van der Waals surface area contributed by atoms with E-state index in [1.54, 1.807) is 22.0 Å². The van der Waals surface area contributed by atoms with Crippen LogP contribution in [0.5, 0.6) is 0 Å². The summed E-state index contributed by atoms with van der Waals surface area (Å²) >= 11 is 0. The van der Waals surface area contributed by atoms with Crippen molar-refractivity contribution in [3.05, 3.63) is 72.8 Å². The molecule has 1 atom stereocenters. The van der Waals surface area contributed by atoms with Gasteiger partial charge in [0.15, 0.2) is 0 Å². The van der Waals surface area contributed by atoms with Crippen molar-refractivity contribution in [1.29, 1.82) is 0 Å². The van der Waals surface area contributed by atoms with Crippen LogP contribution in [-0.4, -0.2) is 44.1 Å². The third kappa shape index (κ3) is 3.93. The Morgan fingerprint density at radius 1 is 1.11 bits per heavy atom. The van der Waals surface area contributed by atoms with Gasteiger partial charge in [0.2, 0.25) is 11.8 Å². The van der Waals surface area contributed by atoms with Gasteiger partial charge in [0, 0.05) is 36.5 Å². The number of amides is 2. The molecule has 2 amide bonds. The van der Waals surface area contributed by atoms with Gasteiger partial charge >= 0.3 is 0 Å². The van der Waals surface area contributed by atoms with Crippen LogP contribution in [0.15, 0.2) is 67.1 Å². The van der Waals surface area contributed by atoms with Gasteiger partial charge in [-0.25, -0.2) is 4.68 Å². The summed E-state index contributed by atoms with van der Waals surface area (Å²) in [6.07, 6.45) is 6.91. The van der Waals surface area contributed by atoms with E-state index in [-0.39, 0.29) is 18.2 Å². The number of carbonyl (C=O) groups excluding carboxylic acids is 2. The molecule has 1 aliphatic rings. The molecule has 3 heterocycles. The van der Waals surface area contributed by atoms with Crippen molar-refractivity contribution in [3.63, 3.8) is 0 Å². The molecule has 1 unspecified atom stereocenters. The number of hydrogen-bond donors (Lipinski definition) is 1. The van der Waals surface area contributed by atoms with Crippen LogP contribution in [0.2, 0.25) is 0 Å². The first kappa shape index (κ1) is 17.9. The molecule has 1 fully saturated rings. The number of nitrogens with one attached hydrogen (secondary N) is 1. The summed E-state index contributed by atoms with van der Waals surface area (Å²) in [6, 6.07) is 14.4. The summed E-state index contributed by atoms with van der Waals surface area (Å²) < 4.78 is 1.73. The summed E-state index contributed by atoms with van der Waals surface area (Å²) in [4.78, 5) is 31.4. The fourth-order valence-electron chi connectivity index (χ4n) is 3.47. The average molecular weight is 375 g/mol. The molecule has 0 bridgehead atoms. The molecule has 1 saturated heterocycles. The quantitative estimate of drug-likeness (QED) is 0.743. The number of likely N-dealkylation sites (tertiary alicyclic amines) is 1. The van der Waals surface area contributed by atoms with Crippen molar-refractivity contribution < 1.29 is 9.59 Å². The molecule has 3 aromatic rings. The normalized spacial score (nSPS) is 16.1. The first-order chi connectivity index (χ1) is 13.7. The molecule has 0 saturated carbocycles. The number of anilines is 1. The van der Waals surface area contributed by atoms with E-state index in [4.69, 9.17) is 0 Å². The molecule has 28 heavy (non-hydrogen) atoms. The summed E-state index contributed by atoms with van der Waals surface area (Å²) in [5.74, 6) is -0.230. The fraction of sp³-hybridized carbons (Fsp3) is 0.238. The third-order valence-electron chi connectivity index (χ3n) is 4.82. The van der Waals surface area contributed by atoms with E-state index in [2.05, 4.69) is 15.4 Å². The Kier molecular flexibility index (Phi) is 5.14. The lowest BCUT2D eigenvalue weighted by Gasteiger charge is -2.24. The third-order valence-corrected chi connectivity index (χ3v) is 4.82. The maximum absolute atomic E-state index is 12.8. The van der Waals surface area contributed by atoms with Crippen LogP contribution in [0.4, 0.5) is 5.69 Å². The molecule has 0 radical (unpaired) electrons. The topological polar surface area (TPSA) is 80.1 Å². The number of nitrogens with zero attached hydrogens (tertiary/aromatic N) is 4. The van der Waals surface area contributed by atoms with Crippen LogP contribution in [0.1, 0.15) is 18.5 Å². The second kappa shape index (κ2) is 8.04. The summed E-state index contributed by atoms with van der Waals surface area (Å²) in [6.45, 7) is 0.594. The first-order valence-electron chi connectivity index (χ1n) is 9.31. The van der Waals surface area contributed by atoms with Crippen molar-refractivity contribution in [3.8, 4) is 5.69 Å². The Hall–Kier alpha value is -3.48. The van der Waals surface area contributed by atoms with E-state index in [1.807, 2.05) is 54.7 Å². The zero-order valence-electron chi connectivity index (χ0n) is 15.4. The van der Waals surface area contributed by atoms with Gasteiger partial charge < -0.3 is 10.2 Å². The lowest BCUT2D eigenvalue weighted by Crippen LogP contribution is -2.43. The minimum absolute atomic E-state index is 0.0679. The molecule has 142 valence electrons. The number of aromatic nitrogens is 3. The van der Waals surface area contributed by atoms with Crippen LogP contribution < -0.4 is 5.32 Å². The van der Waals surface area contributed by atoms with Crippen molar-refractivity contribution in [2.75, 3.05) is 11.9 Å². The Labute approximate surface area is 163 Å². The lowest BCUT2D eigenvalue weighted by molar-refractivity contribution is -0.136. The van der Waals surface area contributed by atoms with E-state index < -0.39 is 6.04 Å². The predicted octanol–water partition coefficient (Wildman–Crippen LogP) is 2.44. The summed E-state index contributed by atoms with van der Waals surface area (Å²) in [5.41, 5.74) is 2.25. The highest BCUT2D eigenvalue weighted by Crippen LogP contribution is 2.21. The molecule has 1 aliphatic heterocycles. The highest BCUT2D eigenvalue weighted by atomic mass is 16.2. The zero-order chi connectivity index (χ0) is 19.3. The summed E-state index contributed by atoms with van der Waals surface area (Å²) in [5, 5.41) is 7.15. The number of carbonyl (C=O) groups is 2. The van der Waals surface area contributed by atoms with Gasteiger partial charge in [-0.05, 0) is 49.2 Å². The minimum Gasteiger partial charge on any atom is -0.330 e. The molecule has 7 nitrogen and oxygen atoms in total. The number of hydrogen-bond acceptors (Lipinski definition) is 4. The van der Waals surface area contributed by atoms with E-state index in [0.717, 1.165) is 12.1 Å². The fourth-order valence-corrected chi connectivity index (χ4v) is 3.47. The number of pyridine rings is 1. The molecular weight excluding hydrogens is 354 g/mol. The van der Waals surface area contributed by atoms with Crippen LogP contribution >= 0.6 is 0 Å². The standard InChI is InChI=1S/C21H21N5O2/c27-20(15-16-6-1-2-10-22-16)25-12-4-9-19(25)21(28)24-17-7-3-8-18(14-17)26-13-5-11-23-26/h1-3,5-8,10-11,13-14,19H,4,9,12,15H2,(H,24,28). The second-order valence-electron chi connectivity index (χ2n) is 6.73. The van der Waals surface area contributed by atoms with Gasteiger partial charge in [0.25, 0.3) is 0 Å². The number of benzene rings is 1. The van der Waals surface area contributed by atoms with Crippen LogP contribution in [0, 0.1) is 0 Å². The average Bonchev–Trinajstić information content (AvgIpc) is 3.41. The first-order valence-corrected chi connectivity index (χ1v) is 9.31. The number of rotatable bonds is 5. The van der Waals surface area contributed by atoms with Gasteiger partial charge in [0.05, 0.1) is 12.1 Å². The van der Waals surface area contributed by atoms with Gasteiger partial charge in [-0.15, -0.1) is 0 Å². The van der Waals surface area contributed by atoms with Gasteiger partial charge in [-0.2, -0.15) is 5.10 Å². The maximum Gasteiger partial charge on any atom is 0.247 e. The van der Waals surface area contributed by atoms with Crippen LogP contribution in [-0.2, 0) is 16.0 Å². The molecule has 7 heteroatoms. The lowest BCUT2D eigenvalue weighted by atomic mass is 10.1. The predicted molar refractivity (Wildman–Crippen MR) is 105 cm³/mol. The zero-order valence-corrected chi connectivity index (χ0v) is 15.4. The minimum atomic E-state index is -0.454. The maximum atomic E-state index is 12.8. The van der Waals surface area contributed by atoms with E-state index in [0.29, 0.717) is 24.3 Å². The highest BCUT2D eigenvalue weighted by molar-refractivity contribution is 5.97. The largest absolute Gasteiger partial charge is 0.330 e. The van der Waals surface area contributed by atoms with Gasteiger partial charge in [0.1, 0.15) is 6.04 Å². The highest BCUT2D eigenvalue weighted by Gasteiger charge is 2.34. The SMILES string of the molecule is O=C(Nc1cccc(-n2cccn2)c1)C1CCCN1C(=O)Cc1ccccn1. The van der Waals surface area contributed by atoms with Crippen molar-refractivity contribution >= 4 is 17.5 Å². The Morgan fingerprint density at radius 3 is 2.82 bits per heavy atom. The van der Waals surface area contributed by atoms with Gasteiger partial charge in [-0.1, -0.05) is 12.1 Å². The molecule has 2 aromatic heterocycles. The van der Waals surface area contributed by atoms with Crippen molar-refractivity contribution in [2.24, 2.45) is 0 Å². The molecular formula is C21H21N5O2. The molecule has 1 N–H and O–H groups in total. The molecule has 0 aliphatic carbocycles. The Bertz CT molecular complexity index is 956. The molecule has 1 aromatic carbocycles. The second-order valence-corrected chi connectivity index (χ2v) is 6.73. The van der Waals surface area contributed by atoms with Crippen LogP contribution in [0.3, 0.4) is 0 Å². The Balaban J connectivity index is 1.44. The molecule has 4 rings (SSSR count). The van der Waals surface area contributed by atoms with Crippen LogP contribution in [0.25, 0.3) is 5.69 Å². The Morgan fingerprint density at radius 2 is 2.04 bits per heavy atom. The van der Waals surface area contributed by atoms with Crippen molar-refractivity contribution in [2.45, 2.75) is 25.3 Å². The van der Waals surface area contributed by atoms with Gasteiger partial charge in [-0.3, -0.25) is 14.6 Å². The molecule has 0 spiro atoms. The van der Waals surface area contributed by atoms with E-state index in [1.165, 1.54) is 0 Å². The summed E-state index contributed by atoms with van der Waals surface area (Å²) in [7, 11) is 0. The van der Waals surface area contributed by atoms with E-state index in [9.17, 15) is 9.59 Å². The van der Waals surface area contributed by atoms with E-state index >= 15 is 0 Å². The van der Waals surface area contributed by atoms with Crippen molar-refractivity contribution in [1.82, 2.24) is 19.7 Å².